The van der Waals surface area contributed by atoms with Gasteiger partial charge in [-0.3, -0.25) is 4.79 Å². The second kappa shape index (κ2) is 6.56. The average molecular weight is 272 g/mol. The van der Waals surface area contributed by atoms with Crippen LogP contribution in [0.1, 0.15) is 28.4 Å². The summed E-state index contributed by atoms with van der Waals surface area (Å²) in [5.74, 6) is 5.82. The van der Waals surface area contributed by atoms with Crippen molar-refractivity contribution in [1.29, 1.82) is 0 Å². The Morgan fingerprint density at radius 1 is 1.55 bits per heavy atom. The molecule has 0 bridgehead atoms. The fourth-order valence-electron chi connectivity index (χ4n) is 2.27. The molecule has 0 spiro atoms. The Labute approximate surface area is 119 Å². The standard InChI is InChI=1S/C16H20N2O2/c1-12-5-6-14(4-3-7-17)15(10-12)16(19)18-8-9-20-11-13(18)2/h5-6,10,13H,7-9,11,17H2,1-2H3. The van der Waals surface area contributed by atoms with Crippen LogP contribution in [0.25, 0.3) is 0 Å². The van der Waals surface area contributed by atoms with Gasteiger partial charge in [-0.15, -0.1) is 0 Å². The Kier molecular flexibility index (Phi) is 4.78. The summed E-state index contributed by atoms with van der Waals surface area (Å²) in [6, 6.07) is 5.83. The van der Waals surface area contributed by atoms with E-state index in [4.69, 9.17) is 10.5 Å². The highest BCUT2D eigenvalue weighted by Gasteiger charge is 2.26. The van der Waals surface area contributed by atoms with Gasteiger partial charge in [0, 0.05) is 12.1 Å². The molecule has 1 amide bonds. The number of aryl methyl sites for hydroxylation is 1. The van der Waals surface area contributed by atoms with Crippen molar-refractivity contribution in [2.75, 3.05) is 26.3 Å². The lowest BCUT2D eigenvalue weighted by Crippen LogP contribution is -2.47. The van der Waals surface area contributed by atoms with Crippen LogP contribution in [0.5, 0.6) is 0 Å². The van der Waals surface area contributed by atoms with Crippen molar-refractivity contribution < 1.29 is 9.53 Å². The third-order valence-electron chi connectivity index (χ3n) is 3.36. The van der Waals surface area contributed by atoms with E-state index >= 15 is 0 Å². The molecule has 106 valence electrons. The Balaban J connectivity index is 2.34. The van der Waals surface area contributed by atoms with Crippen molar-refractivity contribution in [2.45, 2.75) is 19.9 Å². The van der Waals surface area contributed by atoms with Gasteiger partial charge in [-0.05, 0) is 26.0 Å². The number of ether oxygens (including phenoxy) is 1. The van der Waals surface area contributed by atoms with Crippen molar-refractivity contribution in [1.82, 2.24) is 4.90 Å². The fourth-order valence-corrected chi connectivity index (χ4v) is 2.27. The van der Waals surface area contributed by atoms with Gasteiger partial charge in [0.1, 0.15) is 0 Å². The van der Waals surface area contributed by atoms with E-state index in [1.54, 1.807) is 0 Å². The van der Waals surface area contributed by atoms with Crippen LogP contribution in [0, 0.1) is 18.8 Å². The van der Waals surface area contributed by atoms with Crippen LogP contribution in [0.3, 0.4) is 0 Å². The lowest BCUT2D eigenvalue weighted by molar-refractivity contribution is 0.00357. The molecule has 1 aromatic rings. The molecular formula is C16H20N2O2. The summed E-state index contributed by atoms with van der Waals surface area (Å²) < 4.78 is 5.38. The molecule has 1 aromatic carbocycles. The molecule has 4 nitrogen and oxygen atoms in total. The smallest absolute Gasteiger partial charge is 0.255 e. The number of carbonyl (C=O) groups is 1. The van der Waals surface area contributed by atoms with Gasteiger partial charge in [-0.1, -0.05) is 23.5 Å². The Morgan fingerprint density at radius 2 is 2.35 bits per heavy atom. The highest BCUT2D eigenvalue weighted by Crippen LogP contribution is 2.17. The van der Waals surface area contributed by atoms with Crippen LogP contribution < -0.4 is 5.73 Å². The maximum atomic E-state index is 12.7. The molecule has 1 heterocycles. The topological polar surface area (TPSA) is 55.6 Å². The number of hydrogen-bond acceptors (Lipinski definition) is 3. The second-order valence-electron chi connectivity index (χ2n) is 4.98. The minimum atomic E-state index is 0.0193. The van der Waals surface area contributed by atoms with Crippen molar-refractivity contribution in [3.63, 3.8) is 0 Å². The van der Waals surface area contributed by atoms with Crippen molar-refractivity contribution in [3.05, 3.63) is 34.9 Å². The largest absolute Gasteiger partial charge is 0.377 e. The van der Waals surface area contributed by atoms with E-state index in [1.807, 2.05) is 36.9 Å². The van der Waals surface area contributed by atoms with E-state index in [-0.39, 0.29) is 18.5 Å². The molecule has 20 heavy (non-hydrogen) atoms. The maximum absolute atomic E-state index is 12.7. The third-order valence-corrected chi connectivity index (χ3v) is 3.36. The zero-order valence-corrected chi connectivity index (χ0v) is 12.0. The first-order valence-corrected chi connectivity index (χ1v) is 6.81. The maximum Gasteiger partial charge on any atom is 0.255 e. The Hall–Kier alpha value is -1.83. The van der Waals surface area contributed by atoms with Crippen LogP contribution in [0.15, 0.2) is 18.2 Å². The predicted octanol–water partition coefficient (Wildman–Crippen LogP) is 1.17. The summed E-state index contributed by atoms with van der Waals surface area (Å²) in [6.07, 6.45) is 0. The molecule has 1 aliphatic heterocycles. The van der Waals surface area contributed by atoms with E-state index in [9.17, 15) is 4.79 Å². The van der Waals surface area contributed by atoms with Crippen molar-refractivity contribution in [2.24, 2.45) is 5.73 Å². The monoisotopic (exact) mass is 272 g/mol. The molecule has 2 rings (SSSR count). The summed E-state index contributed by atoms with van der Waals surface area (Å²) in [4.78, 5) is 14.6. The minimum Gasteiger partial charge on any atom is -0.377 e. The first-order valence-electron chi connectivity index (χ1n) is 6.81. The van der Waals surface area contributed by atoms with Crippen molar-refractivity contribution in [3.8, 4) is 11.8 Å². The second-order valence-corrected chi connectivity index (χ2v) is 4.98. The van der Waals surface area contributed by atoms with Crippen LogP contribution in [-0.4, -0.2) is 43.2 Å². The van der Waals surface area contributed by atoms with Gasteiger partial charge in [-0.2, -0.15) is 0 Å². The number of benzene rings is 1. The summed E-state index contributed by atoms with van der Waals surface area (Å²) in [6.45, 7) is 6.05. The summed E-state index contributed by atoms with van der Waals surface area (Å²) in [5, 5.41) is 0. The SMILES string of the molecule is Cc1ccc(C#CCN)c(C(=O)N2CCOCC2C)c1. The number of morpholine rings is 1. The van der Waals surface area contributed by atoms with Crippen LogP contribution >= 0.6 is 0 Å². The van der Waals surface area contributed by atoms with Gasteiger partial charge in [0.05, 0.1) is 31.4 Å². The molecular weight excluding hydrogens is 252 g/mol. The highest BCUT2D eigenvalue weighted by molar-refractivity contribution is 5.97. The molecule has 0 aromatic heterocycles. The quantitative estimate of drug-likeness (QED) is 0.781. The zero-order valence-electron chi connectivity index (χ0n) is 12.0. The molecule has 1 aliphatic rings. The summed E-state index contributed by atoms with van der Waals surface area (Å²) in [5.41, 5.74) is 7.85. The normalized spacial score (nSPS) is 18.4. The number of nitrogens with zero attached hydrogens (tertiary/aromatic N) is 1. The summed E-state index contributed by atoms with van der Waals surface area (Å²) in [7, 11) is 0. The van der Waals surface area contributed by atoms with Gasteiger partial charge < -0.3 is 15.4 Å². The molecule has 1 atom stereocenters. The van der Waals surface area contributed by atoms with Crippen LogP contribution in [0.4, 0.5) is 0 Å². The molecule has 1 unspecified atom stereocenters. The molecule has 0 aliphatic carbocycles. The lowest BCUT2D eigenvalue weighted by Gasteiger charge is -2.33. The average Bonchev–Trinajstić information content (AvgIpc) is 2.46. The van der Waals surface area contributed by atoms with Gasteiger partial charge >= 0.3 is 0 Å². The van der Waals surface area contributed by atoms with Crippen LogP contribution in [0.2, 0.25) is 0 Å². The number of nitrogens with two attached hydrogens (primary N) is 1. The number of carbonyl (C=O) groups excluding carboxylic acids is 1. The molecule has 1 saturated heterocycles. The summed E-state index contributed by atoms with van der Waals surface area (Å²) >= 11 is 0. The van der Waals surface area contributed by atoms with E-state index in [0.717, 1.165) is 11.1 Å². The highest BCUT2D eigenvalue weighted by atomic mass is 16.5. The van der Waals surface area contributed by atoms with E-state index < -0.39 is 0 Å². The number of amides is 1. The number of rotatable bonds is 1. The lowest BCUT2D eigenvalue weighted by atomic mass is 10.0. The molecule has 4 heteroatoms. The first-order chi connectivity index (χ1) is 9.63. The zero-order chi connectivity index (χ0) is 14.5. The van der Waals surface area contributed by atoms with Gasteiger partial charge in [0.25, 0.3) is 5.91 Å². The van der Waals surface area contributed by atoms with Gasteiger partial charge in [0.15, 0.2) is 0 Å². The van der Waals surface area contributed by atoms with Gasteiger partial charge in [-0.25, -0.2) is 0 Å². The number of hydrogen-bond donors (Lipinski definition) is 1. The first kappa shape index (κ1) is 14.6. The molecule has 0 saturated carbocycles. The van der Waals surface area contributed by atoms with E-state index in [1.165, 1.54) is 0 Å². The molecule has 0 radical (unpaired) electrons. The van der Waals surface area contributed by atoms with E-state index in [2.05, 4.69) is 11.8 Å². The third kappa shape index (κ3) is 3.19. The van der Waals surface area contributed by atoms with Gasteiger partial charge in [0.2, 0.25) is 0 Å². The fraction of sp³-hybridized carbons (Fsp3) is 0.438. The molecule has 2 N–H and O–H groups in total. The predicted molar refractivity (Wildman–Crippen MR) is 78.4 cm³/mol. The van der Waals surface area contributed by atoms with E-state index in [0.29, 0.717) is 25.3 Å². The Morgan fingerprint density at radius 3 is 3.05 bits per heavy atom. The Bertz CT molecular complexity index is 557. The van der Waals surface area contributed by atoms with Crippen molar-refractivity contribution >= 4 is 5.91 Å². The van der Waals surface area contributed by atoms with Crippen LogP contribution in [-0.2, 0) is 4.74 Å². The minimum absolute atomic E-state index is 0.0193. The molecule has 1 fully saturated rings.